The number of hydrogen-bond donors (Lipinski definition) is 1. The zero-order valence-electron chi connectivity index (χ0n) is 13.8. The number of fused-ring (bicyclic) bond motifs is 1. The number of benzene rings is 1. The molecule has 128 valence electrons. The Bertz CT molecular complexity index is 701. The Kier molecular flexibility index (Phi) is 5.00. The molecule has 2 aromatic rings. The number of ether oxygens (including phenoxy) is 2. The van der Waals surface area contributed by atoms with Crippen molar-refractivity contribution in [2.45, 2.75) is 20.0 Å². The predicted molar refractivity (Wildman–Crippen MR) is 88.3 cm³/mol. The van der Waals surface area contributed by atoms with E-state index >= 15 is 0 Å². The lowest BCUT2D eigenvalue weighted by Crippen LogP contribution is -2.43. The number of carbonyl (C=O) groups excluding carboxylic acids is 1. The van der Waals surface area contributed by atoms with Crippen LogP contribution in [0.3, 0.4) is 0 Å². The molecule has 0 radical (unpaired) electrons. The third kappa shape index (κ3) is 4.05. The summed E-state index contributed by atoms with van der Waals surface area (Å²) in [5, 5.41) is 6.48. The molecule has 2 heterocycles. The second-order valence-electron chi connectivity index (χ2n) is 5.70. The van der Waals surface area contributed by atoms with Crippen molar-refractivity contribution in [2.24, 2.45) is 0 Å². The van der Waals surface area contributed by atoms with Gasteiger partial charge in [0.2, 0.25) is 5.91 Å². The van der Waals surface area contributed by atoms with Crippen LogP contribution in [0, 0.1) is 6.92 Å². The van der Waals surface area contributed by atoms with Gasteiger partial charge in [0.25, 0.3) is 0 Å². The van der Waals surface area contributed by atoms with Gasteiger partial charge in [0.1, 0.15) is 18.5 Å². The first-order valence-corrected chi connectivity index (χ1v) is 7.98. The summed E-state index contributed by atoms with van der Waals surface area (Å²) in [7, 11) is 0. The molecule has 0 saturated heterocycles. The average Bonchev–Trinajstić information content (AvgIpc) is 2.98. The zero-order chi connectivity index (χ0) is 16.9. The molecule has 0 aliphatic carbocycles. The van der Waals surface area contributed by atoms with Gasteiger partial charge in [-0.05, 0) is 25.6 Å². The molecule has 1 aromatic heterocycles. The number of hydrogen-bond acceptors (Lipinski definition) is 6. The minimum absolute atomic E-state index is 0.109. The van der Waals surface area contributed by atoms with Crippen LogP contribution in [0.4, 0.5) is 5.82 Å². The highest BCUT2D eigenvalue weighted by Crippen LogP contribution is 2.30. The maximum Gasteiger partial charge on any atom is 0.239 e. The minimum atomic E-state index is -0.137. The van der Waals surface area contributed by atoms with Crippen LogP contribution >= 0.6 is 0 Å². The number of para-hydroxylation sites is 2. The lowest BCUT2D eigenvalue weighted by molar-refractivity contribution is -0.117. The fourth-order valence-electron chi connectivity index (χ4n) is 2.56. The standard InChI is InChI=1S/C17H21N3O4/c1-3-20(10-17(21)18-16-8-12(2)24-19-16)9-13-11-22-14-6-4-5-7-15(14)23-13/h4-8,13H,3,9-11H2,1-2H3,(H,18,19,21)/t13-/m0/s1. The molecule has 24 heavy (non-hydrogen) atoms. The first kappa shape index (κ1) is 16.3. The Morgan fingerprint density at radius 3 is 2.88 bits per heavy atom. The van der Waals surface area contributed by atoms with Crippen LogP contribution in [0.15, 0.2) is 34.9 Å². The molecule has 7 heteroatoms. The lowest BCUT2D eigenvalue weighted by atomic mass is 10.2. The summed E-state index contributed by atoms with van der Waals surface area (Å²) in [6, 6.07) is 9.28. The molecule has 1 N–H and O–H groups in total. The smallest absolute Gasteiger partial charge is 0.239 e. The second kappa shape index (κ2) is 7.35. The highest BCUT2D eigenvalue weighted by molar-refractivity contribution is 5.91. The van der Waals surface area contributed by atoms with Crippen LogP contribution in [0.25, 0.3) is 0 Å². The summed E-state index contributed by atoms with van der Waals surface area (Å²) in [6.45, 7) is 5.84. The van der Waals surface area contributed by atoms with Crippen molar-refractivity contribution < 1.29 is 18.8 Å². The van der Waals surface area contributed by atoms with Gasteiger partial charge in [0, 0.05) is 12.6 Å². The normalized spacial score (nSPS) is 16.2. The zero-order valence-corrected chi connectivity index (χ0v) is 13.8. The number of aryl methyl sites for hydroxylation is 1. The molecule has 3 rings (SSSR count). The van der Waals surface area contributed by atoms with Crippen LogP contribution in [-0.2, 0) is 4.79 Å². The molecule has 1 aliphatic rings. The van der Waals surface area contributed by atoms with E-state index < -0.39 is 0 Å². The van der Waals surface area contributed by atoms with Gasteiger partial charge in [-0.15, -0.1) is 0 Å². The summed E-state index contributed by atoms with van der Waals surface area (Å²) in [5.41, 5.74) is 0. The van der Waals surface area contributed by atoms with Crippen LogP contribution in [0.1, 0.15) is 12.7 Å². The number of amides is 1. The number of carbonyl (C=O) groups is 1. The minimum Gasteiger partial charge on any atom is -0.486 e. The highest BCUT2D eigenvalue weighted by atomic mass is 16.6. The first-order valence-electron chi connectivity index (χ1n) is 7.98. The summed E-state index contributed by atoms with van der Waals surface area (Å²) in [5.74, 6) is 2.45. The Hall–Kier alpha value is -2.54. The molecule has 1 aromatic carbocycles. The van der Waals surface area contributed by atoms with Crippen molar-refractivity contribution >= 4 is 11.7 Å². The summed E-state index contributed by atoms with van der Waals surface area (Å²) in [6.07, 6.45) is -0.109. The van der Waals surface area contributed by atoms with E-state index in [4.69, 9.17) is 14.0 Å². The monoisotopic (exact) mass is 331 g/mol. The largest absolute Gasteiger partial charge is 0.486 e. The van der Waals surface area contributed by atoms with E-state index in [0.29, 0.717) is 24.7 Å². The molecule has 0 fully saturated rings. The van der Waals surface area contributed by atoms with E-state index in [0.717, 1.165) is 18.0 Å². The molecule has 0 unspecified atom stereocenters. The number of nitrogens with zero attached hydrogens (tertiary/aromatic N) is 2. The molecule has 0 saturated carbocycles. The van der Waals surface area contributed by atoms with Crippen molar-refractivity contribution in [2.75, 3.05) is 31.6 Å². The Morgan fingerprint density at radius 2 is 2.17 bits per heavy atom. The quantitative estimate of drug-likeness (QED) is 0.873. The van der Waals surface area contributed by atoms with Gasteiger partial charge in [-0.25, -0.2) is 0 Å². The van der Waals surface area contributed by atoms with Gasteiger partial charge in [-0.2, -0.15) is 0 Å². The third-order valence-electron chi connectivity index (χ3n) is 3.74. The molecule has 1 aliphatic heterocycles. The van der Waals surface area contributed by atoms with Crippen LogP contribution in [0.2, 0.25) is 0 Å². The Labute approximate surface area is 140 Å². The van der Waals surface area contributed by atoms with Crippen molar-refractivity contribution in [3.63, 3.8) is 0 Å². The van der Waals surface area contributed by atoms with Gasteiger partial charge >= 0.3 is 0 Å². The second-order valence-corrected chi connectivity index (χ2v) is 5.70. The summed E-state index contributed by atoms with van der Waals surface area (Å²) >= 11 is 0. The molecule has 7 nitrogen and oxygen atoms in total. The number of nitrogens with one attached hydrogen (secondary N) is 1. The van der Waals surface area contributed by atoms with E-state index in [9.17, 15) is 4.79 Å². The molecule has 0 spiro atoms. The number of aromatic nitrogens is 1. The lowest BCUT2D eigenvalue weighted by Gasteiger charge is -2.30. The van der Waals surface area contributed by atoms with Gasteiger partial charge in [0.05, 0.1) is 6.54 Å². The molecule has 1 atom stereocenters. The molecular weight excluding hydrogens is 310 g/mol. The molecule has 0 bridgehead atoms. The van der Waals surface area contributed by atoms with E-state index in [1.807, 2.05) is 36.1 Å². The number of likely N-dealkylation sites (N-methyl/N-ethyl adjacent to an activating group) is 1. The van der Waals surface area contributed by atoms with Gasteiger partial charge in [-0.3, -0.25) is 9.69 Å². The fraction of sp³-hybridized carbons (Fsp3) is 0.412. The summed E-state index contributed by atoms with van der Waals surface area (Å²) in [4.78, 5) is 14.1. The topological polar surface area (TPSA) is 76.8 Å². The van der Waals surface area contributed by atoms with Crippen molar-refractivity contribution in [3.8, 4) is 11.5 Å². The number of rotatable bonds is 6. The van der Waals surface area contributed by atoms with Crippen LogP contribution in [-0.4, -0.2) is 48.3 Å². The van der Waals surface area contributed by atoms with Gasteiger partial charge < -0.3 is 19.3 Å². The average molecular weight is 331 g/mol. The van der Waals surface area contributed by atoms with Crippen molar-refractivity contribution in [1.29, 1.82) is 0 Å². The van der Waals surface area contributed by atoms with Gasteiger partial charge in [-0.1, -0.05) is 24.2 Å². The fourth-order valence-corrected chi connectivity index (χ4v) is 2.56. The Morgan fingerprint density at radius 1 is 1.38 bits per heavy atom. The van der Waals surface area contributed by atoms with E-state index in [2.05, 4.69) is 10.5 Å². The van der Waals surface area contributed by atoms with E-state index in [1.54, 1.807) is 13.0 Å². The maximum absolute atomic E-state index is 12.1. The first-order chi connectivity index (χ1) is 11.6. The van der Waals surface area contributed by atoms with Crippen LogP contribution in [0.5, 0.6) is 11.5 Å². The van der Waals surface area contributed by atoms with E-state index in [-0.39, 0.29) is 18.6 Å². The predicted octanol–water partition coefficient (Wildman–Crippen LogP) is 2.08. The van der Waals surface area contributed by atoms with Gasteiger partial charge in [0.15, 0.2) is 17.3 Å². The molecular formula is C17H21N3O4. The number of anilines is 1. The van der Waals surface area contributed by atoms with Crippen molar-refractivity contribution in [3.05, 3.63) is 36.1 Å². The maximum atomic E-state index is 12.1. The van der Waals surface area contributed by atoms with E-state index in [1.165, 1.54) is 0 Å². The summed E-state index contributed by atoms with van der Waals surface area (Å²) < 4.78 is 16.6. The highest BCUT2D eigenvalue weighted by Gasteiger charge is 2.23. The van der Waals surface area contributed by atoms with Crippen LogP contribution < -0.4 is 14.8 Å². The van der Waals surface area contributed by atoms with Crippen molar-refractivity contribution in [1.82, 2.24) is 10.1 Å². The molecule has 1 amide bonds. The SMILES string of the molecule is CCN(CC(=O)Nc1cc(C)on1)C[C@H]1COc2ccccc2O1. The Balaban J connectivity index is 1.52. The third-order valence-corrected chi connectivity index (χ3v) is 3.74.